The van der Waals surface area contributed by atoms with Crippen LogP contribution in [0.4, 0.5) is 18.9 Å². The number of sulfonamides is 1. The summed E-state index contributed by atoms with van der Waals surface area (Å²) in [6.07, 6.45) is -4.66. The molecule has 8 nitrogen and oxygen atoms in total. The van der Waals surface area contributed by atoms with E-state index in [4.69, 9.17) is 11.6 Å². The van der Waals surface area contributed by atoms with E-state index in [0.29, 0.717) is 0 Å². The van der Waals surface area contributed by atoms with Crippen molar-refractivity contribution in [1.82, 2.24) is 19.1 Å². The summed E-state index contributed by atoms with van der Waals surface area (Å²) in [6.45, 7) is 3.95. The fourth-order valence-electron chi connectivity index (χ4n) is 2.48. The first kappa shape index (κ1) is 24.4. The number of aromatic nitrogens is 3. The lowest BCUT2D eigenvalue weighted by Gasteiger charge is -2.19. The Bertz CT molecular complexity index is 1020. The molecule has 2 rings (SSSR count). The number of nitrogens with one attached hydrogen (secondary N) is 1. The van der Waals surface area contributed by atoms with E-state index in [2.05, 4.69) is 15.5 Å². The molecule has 1 aromatic heterocycles. The molecular formula is C16H19ClF3N5O3S2. The lowest BCUT2D eigenvalue weighted by Crippen LogP contribution is -2.30. The number of anilines is 1. The molecule has 1 aromatic carbocycles. The third-order valence-electron chi connectivity index (χ3n) is 3.98. The molecule has 1 N–H and O–H groups in total. The van der Waals surface area contributed by atoms with Gasteiger partial charge in [-0.1, -0.05) is 37.2 Å². The predicted octanol–water partition coefficient (Wildman–Crippen LogP) is 3.25. The van der Waals surface area contributed by atoms with Crippen molar-refractivity contribution in [3.8, 4) is 0 Å². The molecule has 0 unspecified atom stereocenters. The van der Waals surface area contributed by atoms with Gasteiger partial charge in [0, 0.05) is 20.1 Å². The minimum atomic E-state index is -4.66. The van der Waals surface area contributed by atoms with E-state index in [0.717, 1.165) is 23.4 Å². The van der Waals surface area contributed by atoms with Gasteiger partial charge < -0.3 is 9.88 Å². The number of hydrogen-bond acceptors (Lipinski definition) is 6. The highest BCUT2D eigenvalue weighted by molar-refractivity contribution is 7.99. The number of alkyl halides is 3. The van der Waals surface area contributed by atoms with Crippen molar-refractivity contribution in [3.05, 3.63) is 29.0 Å². The summed E-state index contributed by atoms with van der Waals surface area (Å²) in [5.74, 6) is -2.06. The molecule has 0 spiro atoms. The standard InChI is InChI=1S/C16H19ClF3N5O3S2/c1-4-25(5-2)30(27,28)10-6-7-11(17)12(8-10)21-13(26)9-29-15-23-22-14(24(15)3)16(18,19)20/h6-8H,4-5,9H2,1-3H3,(H,21,26). The number of nitrogens with zero attached hydrogens (tertiary/aromatic N) is 4. The summed E-state index contributed by atoms with van der Waals surface area (Å²) < 4.78 is 65.5. The summed E-state index contributed by atoms with van der Waals surface area (Å²) in [4.78, 5) is 12.2. The average Bonchev–Trinajstić information content (AvgIpc) is 3.03. The third-order valence-corrected chi connectivity index (χ3v) is 7.37. The Labute approximate surface area is 180 Å². The molecule has 30 heavy (non-hydrogen) atoms. The Morgan fingerprint density at radius 2 is 1.90 bits per heavy atom. The molecule has 0 saturated heterocycles. The zero-order chi connectivity index (χ0) is 22.7. The Morgan fingerprint density at radius 3 is 2.43 bits per heavy atom. The molecule has 0 saturated carbocycles. The first-order valence-corrected chi connectivity index (χ1v) is 11.4. The van der Waals surface area contributed by atoms with Gasteiger partial charge in [0.1, 0.15) is 0 Å². The van der Waals surface area contributed by atoms with Crippen molar-refractivity contribution in [2.75, 3.05) is 24.2 Å². The van der Waals surface area contributed by atoms with Gasteiger partial charge in [-0.15, -0.1) is 10.2 Å². The van der Waals surface area contributed by atoms with E-state index in [1.54, 1.807) is 13.8 Å². The number of thioether (sulfide) groups is 1. The van der Waals surface area contributed by atoms with Gasteiger partial charge in [0.15, 0.2) is 5.16 Å². The van der Waals surface area contributed by atoms with Crippen LogP contribution >= 0.6 is 23.4 Å². The number of rotatable bonds is 8. The first-order valence-electron chi connectivity index (χ1n) is 8.60. The van der Waals surface area contributed by atoms with Crippen molar-refractivity contribution >= 4 is 45.0 Å². The van der Waals surface area contributed by atoms with Gasteiger partial charge in [0.25, 0.3) is 0 Å². The molecule has 1 heterocycles. The Morgan fingerprint density at radius 1 is 1.27 bits per heavy atom. The predicted molar refractivity (Wildman–Crippen MR) is 107 cm³/mol. The number of halogens is 4. The van der Waals surface area contributed by atoms with Crippen LogP contribution in [0.1, 0.15) is 19.7 Å². The van der Waals surface area contributed by atoms with E-state index in [1.165, 1.54) is 22.5 Å². The summed E-state index contributed by atoms with van der Waals surface area (Å²) in [5.41, 5.74) is 0.0736. The Hall–Kier alpha value is -1.83. The second-order valence-corrected chi connectivity index (χ2v) is 9.22. The van der Waals surface area contributed by atoms with Gasteiger partial charge in [-0.2, -0.15) is 17.5 Å². The van der Waals surface area contributed by atoms with Gasteiger partial charge in [-0.25, -0.2) is 8.42 Å². The lowest BCUT2D eigenvalue weighted by atomic mass is 10.3. The van der Waals surface area contributed by atoms with Crippen LogP contribution in [0, 0.1) is 0 Å². The maximum absolute atomic E-state index is 12.8. The summed E-state index contributed by atoms with van der Waals surface area (Å²) in [6, 6.07) is 3.92. The largest absolute Gasteiger partial charge is 0.451 e. The van der Waals surface area contributed by atoms with Gasteiger partial charge in [0.05, 0.1) is 21.4 Å². The van der Waals surface area contributed by atoms with Crippen LogP contribution in [0.5, 0.6) is 0 Å². The van der Waals surface area contributed by atoms with Gasteiger partial charge >= 0.3 is 6.18 Å². The van der Waals surface area contributed by atoms with Crippen molar-refractivity contribution in [1.29, 1.82) is 0 Å². The van der Waals surface area contributed by atoms with Crippen molar-refractivity contribution < 1.29 is 26.4 Å². The third kappa shape index (κ3) is 5.45. The SMILES string of the molecule is CCN(CC)S(=O)(=O)c1ccc(Cl)c(NC(=O)CSc2nnc(C(F)(F)F)n2C)c1. The average molecular weight is 486 g/mol. The van der Waals surface area contributed by atoms with Crippen LogP contribution < -0.4 is 5.32 Å². The highest BCUT2D eigenvalue weighted by atomic mass is 35.5. The molecule has 0 bridgehead atoms. The topological polar surface area (TPSA) is 97.2 Å². The molecule has 0 aliphatic heterocycles. The normalized spacial score (nSPS) is 12.4. The highest BCUT2D eigenvalue weighted by Gasteiger charge is 2.37. The van der Waals surface area contributed by atoms with Crippen molar-refractivity contribution in [2.45, 2.75) is 30.1 Å². The van der Waals surface area contributed by atoms with Crippen LogP contribution in [-0.4, -0.2) is 52.2 Å². The second-order valence-electron chi connectivity index (χ2n) is 5.93. The summed E-state index contributed by atoms with van der Waals surface area (Å²) in [7, 11) is -2.62. The molecule has 14 heteroatoms. The molecule has 0 fully saturated rings. The zero-order valence-corrected chi connectivity index (χ0v) is 18.6. The minimum absolute atomic E-state index is 0.0401. The number of hydrogen-bond donors (Lipinski definition) is 1. The maximum atomic E-state index is 12.8. The molecule has 0 aliphatic rings. The van der Waals surface area contributed by atoms with E-state index in [1.807, 2.05) is 0 Å². The van der Waals surface area contributed by atoms with Crippen LogP contribution in [0.15, 0.2) is 28.3 Å². The molecule has 0 aliphatic carbocycles. The molecular weight excluding hydrogens is 467 g/mol. The monoisotopic (exact) mass is 485 g/mol. The fourth-order valence-corrected chi connectivity index (χ4v) is 4.84. The van der Waals surface area contributed by atoms with E-state index in [9.17, 15) is 26.4 Å². The van der Waals surface area contributed by atoms with Crippen LogP contribution in [-0.2, 0) is 28.0 Å². The molecule has 0 atom stereocenters. The number of carbonyl (C=O) groups is 1. The van der Waals surface area contributed by atoms with Crippen LogP contribution in [0.2, 0.25) is 5.02 Å². The van der Waals surface area contributed by atoms with Gasteiger partial charge in [0.2, 0.25) is 21.8 Å². The van der Waals surface area contributed by atoms with E-state index >= 15 is 0 Å². The highest BCUT2D eigenvalue weighted by Crippen LogP contribution is 2.30. The van der Waals surface area contributed by atoms with Crippen molar-refractivity contribution in [2.24, 2.45) is 7.05 Å². The maximum Gasteiger partial charge on any atom is 0.451 e. The Balaban J connectivity index is 2.13. The Kier molecular flexibility index (Phi) is 7.77. The van der Waals surface area contributed by atoms with E-state index < -0.39 is 27.9 Å². The lowest BCUT2D eigenvalue weighted by molar-refractivity contribution is -0.147. The molecule has 2 aromatic rings. The molecule has 0 radical (unpaired) electrons. The summed E-state index contributed by atoms with van der Waals surface area (Å²) >= 11 is 6.80. The zero-order valence-electron chi connectivity index (χ0n) is 16.2. The van der Waals surface area contributed by atoms with Crippen LogP contribution in [0.25, 0.3) is 0 Å². The summed E-state index contributed by atoms with van der Waals surface area (Å²) in [5, 5.41) is 9.00. The van der Waals surface area contributed by atoms with Gasteiger partial charge in [-0.3, -0.25) is 4.79 Å². The molecule has 1 amide bonds. The number of benzene rings is 1. The first-order chi connectivity index (χ1) is 13.9. The second kappa shape index (κ2) is 9.54. The van der Waals surface area contributed by atoms with Crippen molar-refractivity contribution in [3.63, 3.8) is 0 Å². The van der Waals surface area contributed by atoms with Gasteiger partial charge in [-0.05, 0) is 18.2 Å². The van der Waals surface area contributed by atoms with E-state index in [-0.39, 0.29) is 39.6 Å². The minimum Gasteiger partial charge on any atom is -0.324 e. The van der Waals surface area contributed by atoms with Crippen LogP contribution in [0.3, 0.4) is 0 Å². The molecule has 166 valence electrons. The fraction of sp³-hybridized carbons (Fsp3) is 0.438. The quantitative estimate of drug-likeness (QED) is 0.576. The smallest absolute Gasteiger partial charge is 0.324 e. The number of carbonyl (C=O) groups excluding carboxylic acids is 1. The number of amides is 1.